The lowest BCUT2D eigenvalue weighted by Crippen LogP contribution is -2.55. The number of amides is 1. The molecule has 8 nitrogen and oxygen atoms in total. The summed E-state index contributed by atoms with van der Waals surface area (Å²) < 4.78 is 1.90. The first-order valence-corrected chi connectivity index (χ1v) is 10.8. The summed E-state index contributed by atoms with van der Waals surface area (Å²) in [6.45, 7) is 4.70. The van der Waals surface area contributed by atoms with Crippen molar-refractivity contribution in [1.29, 1.82) is 0 Å². The van der Waals surface area contributed by atoms with Crippen molar-refractivity contribution in [1.82, 2.24) is 24.3 Å². The zero-order chi connectivity index (χ0) is 20.0. The quantitative estimate of drug-likeness (QED) is 0.693. The molecule has 9 heteroatoms. The summed E-state index contributed by atoms with van der Waals surface area (Å²) in [6, 6.07) is 0. The molecular formula is C20H24N6O2S. The molecule has 2 aliphatic rings. The zero-order valence-corrected chi connectivity index (χ0v) is 17.2. The number of hydrogen-bond donors (Lipinski definition) is 1. The number of aliphatic hydroxyl groups excluding tert-OH is 1. The van der Waals surface area contributed by atoms with Gasteiger partial charge in [-0.2, -0.15) is 0 Å². The van der Waals surface area contributed by atoms with Gasteiger partial charge in [0.1, 0.15) is 11.5 Å². The van der Waals surface area contributed by atoms with Crippen molar-refractivity contribution in [2.24, 2.45) is 5.41 Å². The van der Waals surface area contributed by atoms with Gasteiger partial charge in [0.2, 0.25) is 0 Å². The van der Waals surface area contributed by atoms with E-state index < -0.39 is 6.10 Å². The van der Waals surface area contributed by atoms with Crippen LogP contribution in [-0.4, -0.2) is 67.5 Å². The molecule has 29 heavy (non-hydrogen) atoms. The van der Waals surface area contributed by atoms with Crippen LogP contribution in [0.4, 0.5) is 5.82 Å². The molecule has 1 spiro atoms. The molecule has 0 aromatic carbocycles. The summed E-state index contributed by atoms with van der Waals surface area (Å²) in [5, 5.41) is 12.5. The van der Waals surface area contributed by atoms with Gasteiger partial charge in [-0.25, -0.2) is 9.97 Å². The predicted octanol–water partition coefficient (Wildman–Crippen LogP) is 1.99. The number of carbonyl (C=O) groups excluding carboxylic acids is 1. The second-order valence-corrected chi connectivity index (χ2v) is 9.07. The predicted molar refractivity (Wildman–Crippen MR) is 110 cm³/mol. The Labute approximate surface area is 172 Å². The average Bonchev–Trinajstić information content (AvgIpc) is 3.28. The van der Waals surface area contributed by atoms with Crippen molar-refractivity contribution in [3.05, 3.63) is 41.6 Å². The number of aromatic nitrogens is 4. The average molecular weight is 413 g/mol. The molecule has 3 aromatic rings. The van der Waals surface area contributed by atoms with Gasteiger partial charge in [0.25, 0.3) is 5.91 Å². The van der Waals surface area contributed by atoms with Crippen LogP contribution in [0.2, 0.25) is 0 Å². The van der Waals surface area contributed by atoms with Gasteiger partial charge in [-0.05, 0) is 31.6 Å². The summed E-state index contributed by atoms with van der Waals surface area (Å²) in [5.74, 6) is 0.851. The molecular weight excluding hydrogens is 388 g/mol. The fourth-order valence-corrected chi connectivity index (χ4v) is 5.59. The van der Waals surface area contributed by atoms with E-state index in [0.29, 0.717) is 25.3 Å². The van der Waals surface area contributed by atoms with Gasteiger partial charge in [-0.3, -0.25) is 14.2 Å². The fourth-order valence-electron chi connectivity index (χ4n) is 4.83. The Kier molecular flexibility index (Phi) is 4.51. The maximum Gasteiger partial charge on any atom is 0.272 e. The van der Waals surface area contributed by atoms with Gasteiger partial charge in [0, 0.05) is 50.1 Å². The third-order valence-electron chi connectivity index (χ3n) is 6.25. The molecule has 0 radical (unpaired) electrons. The van der Waals surface area contributed by atoms with Crippen LogP contribution in [0.5, 0.6) is 0 Å². The minimum Gasteiger partial charge on any atom is -0.391 e. The number of carbonyl (C=O) groups is 1. The van der Waals surface area contributed by atoms with E-state index in [9.17, 15) is 9.90 Å². The van der Waals surface area contributed by atoms with E-state index in [4.69, 9.17) is 0 Å². The van der Waals surface area contributed by atoms with Crippen molar-refractivity contribution in [3.8, 4) is 0 Å². The molecule has 2 fully saturated rings. The number of nitrogens with zero attached hydrogens (tertiary/aromatic N) is 6. The van der Waals surface area contributed by atoms with Crippen molar-refractivity contribution in [2.75, 3.05) is 31.1 Å². The van der Waals surface area contributed by atoms with Gasteiger partial charge >= 0.3 is 0 Å². The number of fused-ring (bicyclic) bond motifs is 1. The highest BCUT2D eigenvalue weighted by atomic mass is 32.1. The van der Waals surface area contributed by atoms with Crippen molar-refractivity contribution in [3.63, 3.8) is 0 Å². The number of aliphatic hydroxyl groups is 1. The summed E-state index contributed by atoms with van der Waals surface area (Å²) in [4.78, 5) is 31.2. The Morgan fingerprint density at radius 1 is 1.31 bits per heavy atom. The summed E-state index contributed by atoms with van der Waals surface area (Å²) in [5.41, 5.74) is 1.45. The summed E-state index contributed by atoms with van der Waals surface area (Å²) in [7, 11) is 0. The molecule has 3 aromatic heterocycles. The van der Waals surface area contributed by atoms with E-state index in [1.54, 1.807) is 18.6 Å². The van der Waals surface area contributed by atoms with E-state index in [2.05, 4.69) is 19.9 Å². The SMILES string of the molecule is Cc1nc2sccn2c1C(=O)N1CCC2(CC1)CC(O)CN(c1cnccn1)C2. The van der Waals surface area contributed by atoms with Crippen molar-refractivity contribution in [2.45, 2.75) is 32.3 Å². The van der Waals surface area contributed by atoms with E-state index in [-0.39, 0.29) is 11.3 Å². The van der Waals surface area contributed by atoms with Gasteiger partial charge in [0.15, 0.2) is 4.96 Å². The molecule has 2 aliphatic heterocycles. The van der Waals surface area contributed by atoms with E-state index in [1.165, 1.54) is 11.3 Å². The second-order valence-electron chi connectivity index (χ2n) is 8.20. The minimum atomic E-state index is -0.393. The maximum absolute atomic E-state index is 13.2. The standard InChI is InChI=1S/C20H24N6O2S/c1-14-17(26-8-9-29-19(26)23-14)18(28)24-6-2-20(3-7-24)10-15(27)12-25(13-20)16-11-21-4-5-22-16/h4-5,8-9,11,15,27H,2-3,6-7,10,12-13H2,1H3. The number of hydrogen-bond acceptors (Lipinski definition) is 7. The minimum absolute atomic E-state index is 0.00384. The Bertz CT molecular complexity index is 1020. The Morgan fingerprint density at radius 3 is 2.90 bits per heavy atom. The van der Waals surface area contributed by atoms with Gasteiger partial charge in [-0.1, -0.05) is 0 Å². The lowest BCUT2D eigenvalue weighted by atomic mass is 9.71. The number of β-amino-alcohol motifs (C(OH)–C–C–N with tert-alkyl or cyclic N) is 1. The van der Waals surface area contributed by atoms with Gasteiger partial charge in [0.05, 0.1) is 18.0 Å². The fraction of sp³-hybridized carbons (Fsp3) is 0.500. The second kappa shape index (κ2) is 7.07. The molecule has 1 atom stereocenters. The van der Waals surface area contributed by atoms with E-state index in [1.807, 2.05) is 27.8 Å². The van der Waals surface area contributed by atoms with Crippen LogP contribution >= 0.6 is 11.3 Å². The maximum atomic E-state index is 13.2. The smallest absolute Gasteiger partial charge is 0.272 e. The van der Waals surface area contributed by atoms with Crippen LogP contribution in [0.3, 0.4) is 0 Å². The van der Waals surface area contributed by atoms with Crippen LogP contribution in [0.25, 0.3) is 4.96 Å². The zero-order valence-electron chi connectivity index (χ0n) is 16.4. The van der Waals surface area contributed by atoms with Crippen LogP contribution < -0.4 is 4.90 Å². The third-order valence-corrected chi connectivity index (χ3v) is 7.01. The molecule has 5 heterocycles. The number of piperidine rings is 2. The normalized spacial score (nSPS) is 21.8. The molecule has 1 N–H and O–H groups in total. The van der Waals surface area contributed by atoms with Crippen molar-refractivity contribution < 1.29 is 9.90 Å². The lowest BCUT2D eigenvalue weighted by molar-refractivity contribution is 0.0243. The number of rotatable bonds is 2. The first-order valence-electron chi connectivity index (χ1n) is 9.95. The molecule has 2 saturated heterocycles. The molecule has 152 valence electrons. The highest BCUT2D eigenvalue weighted by molar-refractivity contribution is 7.15. The van der Waals surface area contributed by atoms with E-state index in [0.717, 1.165) is 42.3 Å². The topological polar surface area (TPSA) is 86.9 Å². The highest BCUT2D eigenvalue weighted by Crippen LogP contribution is 2.41. The molecule has 5 rings (SSSR count). The summed E-state index contributed by atoms with van der Waals surface area (Å²) in [6.07, 6.45) is 9.13. The molecule has 0 saturated carbocycles. The Morgan fingerprint density at radius 2 is 2.14 bits per heavy atom. The van der Waals surface area contributed by atoms with Crippen LogP contribution in [0.15, 0.2) is 30.2 Å². The van der Waals surface area contributed by atoms with E-state index >= 15 is 0 Å². The number of thiazole rings is 1. The number of anilines is 1. The summed E-state index contributed by atoms with van der Waals surface area (Å²) >= 11 is 1.54. The number of imidazole rings is 1. The lowest BCUT2D eigenvalue weighted by Gasteiger charge is -2.49. The monoisotopic (exact) mass is 412 g/mol. The number of likely N-dealkylation sites (tertiary alicyclic amines) is 1. The number of aryl methyl sites for hydroxylation is 1. The van der Waals surface area contributed by atoms with Crippen LogP contribution in [0.1, 0.15) is 35.4 Å². The van der Waals surface area contributed by atoms with Crippen LogP contribution in [0, 0.1) is 12.3 Å². The Hall–Kier alpha value is -2.52. The molecule has 0 aliphatic carbocycles. The highest BCUT2D eigenvalue weighted by Gasteiger charge is 2.43. The third kappa shape index (κ3) is 3.28. The van der Waals surface area contributed by atoms with Crippen LogP contribution in [-0.2, 0) is 0 Å². The Balaban J connectivity index is 1.32. The molecule has 0 bridgehead atoms. The first kappa shape index (κ1) is 18.5. The van der Waals surface area contributed by atoms with Crippen molar-refractivity contribution >= 4 is 28.0 Å². The van der Waals surface area contributed by atoms with Gasteiger partial charge < -0.3 is 14.9 Å². The largest absolute Gasteiger partial charge is 0.391 e. The van der Waals surface area contributed by atoms with Gasteiger partial charge in [-0.15, -0.1) is 11.3 Å². The first-order chi connectivity index (χ1) is 14.0. The molecule has 1 amide bonds. The molecule has 1 unspecified atom stereocenters.